The van der Waals surface area contributed by atoms with Gasteiger partial charge in [-0.25, -0.2) is 4.79 Å². The van der Waals surface area contributed by atoms with Crippen LogP contribution in [-0.4, -0.2) is 47.2 Å². The van der Waals surface area contributed by atoms with Crippen LogP contribution < -0.4 is 0 Å². The Hall–Kier alpha value is -1.36. The van der Waals surface area contributed by atoms with Gasteiger partial charge in [-0.15, -0.1) is 0 Å². The van der Waals surface area contributed by atoms with Crippen LogP contribution in [0.5, 0.6) is 0 Å². The van der Waals surface area contributed by atoms with E-state index in [1.807, 2.05) is 12.2 Å². The lowest BCUT2D eigenvalue weighted by molar-refractivity contribution is -0.149. The van der Waals surface area contributed by atoms with Gasteiger partial charge in [-0.1, -0.05) is 26.0 Å². The summed E-state index contributed by atoms with van der Waals surface area (Å²) in [5.74, 6) is -0.414. The normalized spacial score (nSPS) is 30.2. The van der Waals surface area contributed by atoms with Crippen LogP contribution in [0.1, 0.15) is 47.0 Å². The zero-order valence-corrected chi connectivity index (χ0v) is 13.3. The predicted octanol–water partition coefficient (Wildman–Crippen LogP) is 2.05. The SMILES string of the molecule is CCOC(=O)[C@@]12CC=C[C@@H](OC(CC)CC)[C@@H]1N2C(C)=O. The molecular formula is C16H25NO4. The zero-order chi connectivity index (χ0) is 15.6. The number of amides is 1. The van der Waals surface area contributed by atoms with Gasteiger partial charge in [0.15, 0.2) is 5.54 Å². The highest BCUT2D eigenvalue weighted by Crippen LogP contribution is 2.51. The second-order valence-corrected chi connectivity index (χ2v) is 5.65. The summed E-state index contributed by atoms with van der Waals surface area (Å²) in [5.41, 5.74) is -0.840. The van der Waals surface area contributed by atoms with Crippen molar-refractivity contribution in [1.82, 2.24) is 4.90 Å². The van der Waals surface area contributed by atoms with Gasteiger partial charge in [0.2, 0.25) is 5.91 Å². The van der Waals surface area contributed by atoms with Crippen molar-refractivity contribution in [3.8, 4) is 0 Å². The highest BCUT2D eigenvalue weighted by atomic mass is 16.5. The third kappa shape index (κ3) is 2.59. The van der Waals surface area contributed by atoms with Gasteiger partial charge in [0, 0.05) is 13.3 Å². The Morgan fingerprint density at radius 3 is 2.52 bits per heavy atom. The molecule has 2 aliphatic rings. The first-order chi connectivity index (χ1) is 10.0. The number of rotatable bonds is 6. The summed E-state index contributed by atoms with van der Waals surface area (Å²) in [7, 11) is 0. The summed E-state index contributed by atoms with van der Waals surface area (Å²) >= 11 is 0. The molecule has 3 atom stereocenters. The summed E-state index contributed by atoms with van der Waals surface area (Å²) in [6.45, 7) is 7.75. The molecule has 5 heteroatoms. The molecule has 0 saturated carbocycles. The average Bonchev–Trinajstić information content (AvgIpc) is 3.16. The molecule has 0 bridgehead atoms. The lowest BCUT2D eigenvalue weighted by Crippen LogP contribution is -2.38. The van der Waals surface area contributed by atoms with Crippen molar-refractivity contribution in [2.75, 3.05) is 6.61 Å². The van der Waals surface area contributed by atoms with Crippen molar-refractivity contribution in [1.29, 1.82) is 0 Å². The van der Waals surface area contributed by atoms with Gasteiger partial charge in [-0.05, 0) is 19.8 Å². The largest absolute Gasteiger partial charge is 0.464 e. The van der Waals surface area contributed by atoms with E-state index in [9.17, 15) is 9.59 Å². The summed E-state index contributed by atoms with van der Waals surface area (Å²) in [5, 5.41) is 0. The third-order valence-corrected chi connectivity index (χ3v) is 4.42. The molecule has 1 heterocycles. The Labute approximate surface area is 126 Å². The van der Waals surface area contributed by atoms with E-state index in [-0.39, 0.29) is 30.1 Å². The Kier molecular flexibility index (Phi) is 4.71. The number of esters is 1. The van der Waals surface area contributed by atoms with E-state index in [1.54, 1.807) is 11.8 Å². The molecule has 1 fully saturated rings. The summed E-state index contributed by atoms with van der Waals surface area (Å²) in [6.07, 6.45) is 6.18. The standard InChI is InChI=1S/C16H25NO4/c1-5-12(6-2)21-13-9-8-10-16(15(19)20-7-3)14(13)17(16)11(4)18/h8-9,12-14H,5-7,10H2,1-4H3/t13-,14+,16-,17?/m1/s1. The molecule has 0 unspecified atom stereocenters. The number of carbonyl (C=O) groups excluding carboxylic acids is 2. The molecule has 0 radical (unpaired) electrons. The van der Waals surface area contributed by atoms with Crippen LogP contribution >= 0.6 is 0 Å². The van der Waals surface area contributed by atoms with E-state index in [2.05, 4.69) is 13.8 Å². The maximum atomic E-state index is 12.3. The van der Waals surface area contributed by atoms with Crippen molar-refractivity contribution >= 4 is 11.9 Å². The number of fused-ring (bicyclic) bond motifs is 1. The van der Waals surface area contributed by atoms with Crippen molar-refractivity contribution < 1.29 is 19.1 Å². The van der Waals surface area contributed by atoms with Crippen LogP contribution in [0.4, 0.5) is 0 Å². The number of carbonyl (C=O) groups is 2. The van der Waals surface area contributed by atoms with Crippen LogP contribution in [0.3, 0.4) is 0 Å². The fourth-order valence-corrected chi connectivity index (χ4v) is 3.34. The van der Waals surface area contributed by atoms with E-state index >= 15 is 0 Å². The maximum absolute atomic E-state index is 12.3. The Morgan fingerprint density at radius 1 is 1.33 bits per heavy atom. The van der Waals surface area contributed by atoms with Crippen LogP contribution in [0.15, 0.2) is 12.2 Å². The molecule has 0 N–H and O–H groups in total. The molecule has 1 aliphatic heterocycles. The van der Waals surface area contributed by atoms with E-state index < -0.39 is 5.54 Å². The van der Waals surface area contributed by atoms with E-state index in [1.165, 1.54) is 6.92 Å². The minimum absolute atomic E-state index is 0.102. The molecule has 118 valence electrons. The minimum atomic E-state index is -0.840. The second kappa shape index (κ2) is 6.18. The first-order valence-corrected chi connectivity index (χ1v) is 7.82. The minimum Gasteiger partial charge on any atom is -0.464 e. The van der Waals surface area contributed by atoms with Gasteiger partial charge in [0.25, 0.3) is 0 Å². The first kappa shape index (κ1) is 16.0. The van der Waals surface area contributed by atoms with Crippen molar-refractivity contribution in [2.45, 2.75) is 70.7 Å². The molecule has 0 spiro atoms. The van der Waals surface area contributed by atoms with E-state index in [4.69, 9.17) is 9.47 Å². The number of hydrogen-bond donors (Lipinski definition) is 0. The monoisotopic (exact) mass is 295 g/mol. The molecule has 1 aliphatic carbocycles. The van der Waals surface area contributed by atoms with Gasteiger partial charge in [0.1, 0.15) is 0 Å². The Bertz CT molecular complexity index is 444. The molecule has 0 aromatic rings. The van der Waals surface area contributed by atoms with Gasteiger partial charge in [-0.2, -0.15) is 0 Å². The Morgan fingerprint density at radius 2 is 2.00 bits per heavy atom. The second-order valence-electron chi connectivity index (χ2n) is 5.65. The molecule has 1 saturated heterocycles. The fraction of sp³-hybridized carbons (Fsp3) is 0.750. The topological polar surface area (TPSA) is 55.6 Å². The average molecular weight is 295 g/mol. The third-order valence-electron chi connectivity index (χ3n) is 4.42. The molecule has 21 heavy (non-hydrogen) atoms. The van der Waals surface area contributed by atoms with Crippen molar-refractivity contribution in [3.63, 3.8) is 0 Å². The number of hydrogen-bond acceptors (Lipinski definition) is 4. The predicted molar refractivity (Wildman–Crippen MR) is 78.7 cm³/mol. The highest BCUT2D eigenvalue weighted by molar-refractivity contribution is 5.95. The molecule has 0 aromatic heterocycles. The first-order valence-electron chi connectivity index (χ1n) is 7.82. The van der Waals surface area contributed by atoms with Crippen molar-refractivity contribution in [3.05, 3.63) is 12.2 Å². The number of ether oxygens (including phenoxy) is 2. The van der Waals surface area contributed by atoms with Gasteiger partial charge >= 0.3 is 5.97 Å². The molecule has 0 aromatic carbocycles. The summed E-state index contributed by atoms with van der Waals surface area (Å²) in [6, 6.07) is -0.223. The van der Waals surface area contributed by atoms with Crippen LogP contribution in [0, 0.1) is 0 Å². The van der Waals surface area contributed by atoms with Gasteiger partial charge in [0.05, 0.1) is 24.9 Å². The van der Waals surface area contributed by atoms with Gasteiger partial charge in [-0.3, -0.25) is 4.79 Å². The molecular weight excluding hydrogens is 270 g/mol. The Balaban J connectivity index is 2.21. The smallest absolute Gasteiger partial charge is 0.334 e. The lowest BCUT2D eigenvalue weighted by atomic mass is 9.92. The van der Waals surface area contributed by atoms with Crippen LogP contribution in [0.2, 0.25) is 0 Å². The van der Waals surface area contributed by atoms with E-state index in [0.717, 1.165) is 12.8 Å². The molecule has 2 rings (SSSR count). The van der Waals surface area contributed by atoms with Crippen LogP contribution in [0.25, 0.3) is 0 Å². The number of nitrogens with zero attached hydrogens (tertiary/aromatic N) is 1. The quantitative estimate of drug-likeness (QED) is 0.427. The van der Waals surface area contributed by atoms with E-state index in [0.29, 0.717) is 13.0 Å². The summed E-state index contributed by atoms with van der Waals surface area (Å²) in [4.78, 5) is 25.9. The lowest BCUT2D eigenvalue weighted by Gasteiger charge is -2.24. The molecule has 5 nitrogen and oxygen atoms in total. The van der Waals surface area contributed by atoms with Crippen molar-refractivity contribution in [2.24, 2.45) is 0 Å². The fourth-order valence-electron chi connectivity index (χ4n) is 3.34. The molecule has 1 amide bonds. The maximum Gasteiger partial charge on any atom is 0.334 e. The van der Waals surface area contributed by atoms with Gasteiger partial charge < -0.3 is 14.4 Å². The van der Waals surface area contributed by atoms with Crippen LogP contribution in [-0.2, 0) is 19.1 Å². The summed E-state index contributed by atoms with van der Waals surface area (Å²) < 4.78 is 11.3. The zero-order valence-electron chi connectivity index (χ0n) is 13.3. The highest BCUT2D eigenvalue weighted by Gasteiger charge is 2.73.